The third kappa shape index (κ3) is 3.91. The van der Waals surface area contributed by atoms with E-state index in [1.807, 2.05) is 34.6 Å². The van der Waals surface area contributed by atoms with E-state index in [2.05, 4.69) is 0 Å². The highest BCUT2D eigenvalue weighted by atomic mass is 16.6. The molecule has 1 saturated carbocycles. The molecule has 28 heavy (non-hydrogen) atoms. The van der Waals surface area contributed by atoms with Gasteiger partial charge in [0.1, 0.15) is 5.60 Å². The molecule has 0 bridgehead atoms. The Morgan fingerprint density at radius 2 is 1.61 bits per heavy atom. The van der Waals surface area contributed by atoms with Crippen molar-refractivity contribution in [3.8, 4) is 0 Å². The predicted octanol–water partition coefficient (Wildman–Crippen LogP) is 3.95. The number of carbonyl (C=O) groups is 3. The molecule has 2 fully saturated rings. The Labute approximate surface area is 166 Å². The molecule has 1 aromatic rings. The lowest BCUT2D eigenvalue weighted by molar-refractivity contribution is 0.00420. The van der Waals surface area contributed by atoms with Crippen LogP contribution >= 0.6 is 0 Å². The van der Waals surface area contributed by atoms with Crippen LogP contribution in [0.15, 0.2) is 24.3 Å². The van der Waals surface area contributed by atoms with Crippen molar-refractivity contribution < 1.29 is 19.1 Å². The Bertz CT molecular complexity index is 748. The molecule has 6 nitrogen and oxygen atoms in total. The second kappa shape index (κ2) is 7.57. The number of piperidine rings is 1. The lowest BCUT2D eigenvalue weighted by Gasteiger charge is -2.37. The maximum atomic E-state index is 12.7. The van der Waals surface area contributed by atoms with Crippen LogP contribution in [-0.2, 0) is 4.74 Å². The summed E-state index contributed by atoms with van der Waals surface area (Å²) in [7, 11) is 0. The first-order chi connectivity index (χ1) is 13.2. The fraction of sp³-hybridized carbons (Fsp3) is 0.591. The van der Waals surface area contributed by atoms with Gasteiger partial charge in [0.05, 0.1) is 17.2 Å². The minimum absolute atomic E-state index is 0.184. The second-order valence-corrected chi connectivity index (χ2v) is 8.54. The summed E-state index contributed by atoms with van der Waals surface area (Å²) in [6, 6.07) is 6.69. The zero-order valence-electron chi connectivity index (χ0n) is 17.4. The topological polar surface area (TPSA) is 66.9 Å². The smallest absolute Gasteiger partial charge is 0.410 e. The average Bonchev–Trinajstić information content (AvgIpc) is 3.38. The van der Waals surface area contributed by atoms with Crippen LogP contribution in [0.1, 0.15) is 68.2 Å². The van der Waals surface area contributed by atoms with Crippen LogP contribution in [0.5, 0.6) is 0 Å². The van der Waals surface area contributed by atoms with Crippen molar-refractivity contribution in [3.63, 3.8) is 0 Å². The Morgan fingerprint density at radius 1 is 1.04 bits per heavy atom. The number of rotatable bonds is 2. The van der Waals surface area contributed by atoms with E-state index in [-0.39, 0.29) is 30.5 Å². The molecule has 3 aliphatic rings. The van der Waals surface area contributed by atoms with Gasteiger partial charge in [0, 0.05) is 13.1 Å². The molecule has 0 N–H and O–H groups in total. The van der Waals surface area contributed by atoms with Gasteiger partial charge in [0.15, 0.2) is 0 Å². The molecule has 3 unspecified atom stereocenters. The highest BCUT2D eigenvalue weighted by Gasteiger charge is 2.49. The molecule has 0 aromatic heterocycles. The largest absolute Gasteiger partial charge is 0.444 e. The Kier molecular flexibility index (Phi) is 5.50. The van der Waals surface area contributed by atoms with E-state index >= 15 is 0 Å². The molecule has 1 saturated heterocycles. The zero-order chi connectivity index (χ0) is 20.6. The summed E-state index contributed by atoms with van der Waals surface area (Å²) in [6.07, 6.45) is 1.57. The monoisotopic (exact) mass is 386 g/mol. The molecular formula is C22H30N2O4. The van der Waals surface area contributed by atoms with Gasteiger partial charge in [-0.3, -0.25) is 14.5 Å². The van der Waals surface area contributed by atoms with Gasteiger partial charge in [-0.15, -0.1) is 0 Å². The lowest BCUT2D eigenvalue weighted by atomic mass is 10.0. The average molecular weight is 386 g/mol. The Balaban J connectivity index is 0.00000109. The van der Waals surface area contributed by atoms with Gasteiger partial charge in [-0.25, -0.2) is 4.79 Å². The summed E-state index contributed by atoms with van der Waals surface area (Å²) < 4.78 is 5.55. The van der Waals surface area contributed by atoms with Gasteiger partial charge in [0.2, 0.25) is 0 Å². The molecule has 1 aromatic carbocycles. The number of amides is 3. The summed E-state index contributed by atoms with van der Waals surface area (Å²) in [5.74, 6) is 0.579. The maximum absolute atomic E-state index is 12.7. The molecule has 6 heteroatoms. The minimum atomic E-state index is -0.572. The first-order valence-corrected chi connectivity index (χ1v) is 10.2. The van der Waals surface area contributed by atoms with Crippen molar-refractivity contribution in [2.75, 3.05) is 13.1 Å². The van der Waals surface area contributed by atoms with Crippen molar-refractivity contribution >= 4 is 17.9 Å². The quantitative estimate of drug-likeness (QED) is 0.722. The van der Waals surface area contributed by atoms with Crippen LogP contribution in [0.4, 0.5) is 4.79 Å². The van der Waals surface area contributed by atoms with Crippen molar-refractivity contribution in [1.82, 2.24) is 9.80 Å². The number of benzene rings is 1. The summed E-state index contributed by atoms with van der Waals surface area (Å²) in [5.41, 5.74) is 0.320. The van der Waals surface area contributed by atoms with E-state index in [1.165, 1.54) is 4.90 Å². The first kappa shape index (κ1) is 20.4. The SMILES string of the molecule is CC.CC(C)(C)OC(=O)N1CC2CC2CC1CN1C(=O)c2ccccc2C1=O. The van der Waals surface area contributed by atoms with E-state index in [9.17, 15) is 14.4 Å². The molecule has 0 radical (unpaired) electrons. The van der Waals surface area contributed by atoms with E-state index in [0.717, 1.165) is 12.8 Å². The van der Waals surface area contributed by atoms with Crippen molar-refractivity contribution in [3.05, 3.63) is 35.4 Å². The third-order valence-electron chi connectivity index (χ3n) is 5.42. The van der Waals surface area contributed by atoms with E-state index in [4.69, 9.17) is 4.74 Å². The Morgan fingerprint density at radius 3 is 2.14 bits per heavy atom. The summed E-state index contributed by atoms with van der Waals surface area (Å²) in [6.45, 7) is 10.4. The molecule has 3 amide bonds. The summed E-state index contributed by atoms with van der Waals surface area (Å²) in [5, 5.41) is 0. The second-order valence-electron chi connectivity index (χ2n) is 8.54. The number of carbonyl (C=O) groups excluding carboxylic acids is 3. The summed E-state index contributed by atoms with van der Waals surface area (Å²) in [4.78, 5) is 41.0. The standard InChI is InChI=1S/C20H24N2O4.C2H6/c1-20(2,3)26-19(25)21-10-13-8-12(13)9-14(21)11-22-17(23)15-6-4-5-7-16(15)18(22)24;1-2/h4-7,12-14H,8-11H2,1-3H3;1-2H3. The molecule has 3 atom stereocenters. The molecule has 1 aliphatic carbocycles. The molecule has 152 valence electrons. The summed E-state index contributed by atoms with van der Waals surface area (Å²) >= 11 is 0. The van der Waals surface area contributed by atoms with Crippen LogP contribution in [0.2, 0.25) is 0 Å². The van der Waals surface area contributed by atoms with Crippen molar-refractivity contribution in [1.29, 1.82) is 0 Å². The molecule has 2 aliphatic heterocycles. The maximum Gasteiger partial charge on any atom is 0.410 e. The number of nitrogens with zero attached hydrogens (tertiary/aromatic N) is 2. The molecule has 0 spiro atoms. The molecule has 4 rings (SSSR count). The van der Waals surface area contributed by atoms with Crippen LogP contribution in [0.25, 0.3) is 0 Å². The van der Waals surface area contributed by atoms with Crippen LogP contribution in [0, 0.1) is 11.8 Å². The number of fused-ring (bicyclic) bond motifs is 2. The normalized spacial score (nSPS) is 25.5. The van der Waals surface area contributed by atoms with Crippen LogP contribution in [-0.4, -0.2) is 52.4 Å². The predicted molar refractivity (Wildman–Crippen MR) is 106 cm³/mol. The molecular weight excluding hydrogens is 356 g/mol. The number of hydrogen-bond acceptors (Lipinski definition) is 4. The van der Waals surface area contributed by atoms with Crippen LogP contribution in [0.3, 0.4) is 0 Å². The number of imide groups is 1. The van der Waals surface area contributed by atoms with E-state index in [0.29, 0.717) is 29.5 Å². The zero-order valence-corrected chi connectivity index (χ0v) is 17.4. The fourth-order valence-corrected chi connectivity index (χ4v) is 4.03. The van der Waals surface area contributed by atoms with E-state index in [1.54, 1.807) is 29.2 Å². The number of likely N-dealkylation sites (tertiary alicyclic amines) is 1. The first-order valence-electron chi connectivity index (χ1n) is 10.2. The third-order valence-corrected chi connectivity index (χ3v) is 5.42. The molecule has 2 heterocycles. The van der Waals surface area contributed by atoms with Gasteiger partial charge < -0.3 is 9.64 Å². The fourth-order valence-electron chi connectivity index (χ4n) is 4.03. The number of hydrogen-bond donors (Lipinski definition) is 0. The highest BCUT2D eigenvalue weighted by molar-refractivity contribution is 6.21. The lowest BCUT2D eigenvalue weighted by Crippen LogP contribution is -2.52. The van der Waals surface area contributed by atoms with Gasteiger partial charge in [0.25, 0.3) is 11.8 Å². The van der Waals surface area contributed by atoms with Crippen LogP contribution < -0.4 is 0 Å². The van der Waals surface area contributed by atoms with Gasteiger partial charge >= 0.3 is 6.09 Å². The van der Waals surface area contributed by atoms with Gasteiger partial charge in [-0.05, 0) is 57.6 Å². The van der Waals surface area contributed by atoms with Crippen molar-refractivity contribution in [2.45, 2.75) is 59.1 Å². The van der Waals surface area contributed by atoms with Gasteiger partial charge in [-0.1, -0.05) is 26.0 Å². The number of ether oxygens (including phenoxy) is 1. The Hall–Kier alpha value is -2.37. The van der Waals surface area contributed by atoms with Crippen molar-refractivity contribution in [2.24, 2.45) is 11.8 Å². The highest BCUT2D eigenvalue weighted by Crippen LogP contribution is 2.47. The van der Waals surface area contributed by atoms with E-state index < -0.39 is 5.60 Å². The minimum Gasteiger partial charge on any atom is -0.444 e. The van der Waals surface area contributed by atoms with Gasteiger partial charge in [-0.2, -0.15) is 0 Å².